The van der Waals surface area contributed by atoms with Gasteiger partial charge in [-0.3, -0.25) is 0 Å². The van der Waals surface area contributed by atoms with E-state index in [9.17, 15) is 0 Å². The summed E-state index contributed by atoms with van der Waals surface area (Å²) in [7, 11) is 0. The molecule has 0 saturated carbocycles. The quantitative estimate of drug-likeness (QED) is 0.123. The number of fused-ring (bicyclic) bond motifs is 8. The van der Waals surface area contributed by atoms with Crippen LogP contribution in [0.3, 0.4) is 0 Å². The summed E-state index contributed by atoms with van der Waals surface area (Å²) in [6.45, 7) is 15.3. The first kappa shape index (κ1) is 49.3. The van der Waals surface area contributed by atoms with Crippen LogP contribution >= 0.6 is 0 Å². The van der Waals surface area contributed by atoms with Gasteiger partial charge in [0.1, 0.15) is 0 Å². The Labute approximate surface area is 448 Å². The molecule has 0 saturated heterocycles. The van der Waals surface area contributed by atoms with E-state index in [4.69, 9.17) is 26.4 Å². The number of nitrogens with zero attached hydrogens (tertiary/aromatic N) is 4. The third-order valence-electron chi connectivity index (χ3n) is 13.9. The van der Waals surface area contributed by atoms with Crippen LogP contribution in [0, 0.1) is 24.2 Å². The Balaban J connectivity index is 0.00000626. The fourth-order valence-corrected chi connectivity index (χ4v) is 9.85. The Morgan fingerprint density at radius 3 is 0.878 bits per heavy atom. The monoisotopic (exact) mass is 1000 g/mol. The molecule has 6 aromatic carbocycles. The average Bonchev–Trinajstić information content (AvgIpc) is 4.26. The second kappa shape index (κ2) is 19.9. The van der Waals surface area contributed by atoms with Crippen LogP contribution in [0.2, 0.25) is 0 Å². The predicted molar refractivity (Wildman–Crippen MR) is 307 cm³/mol. The van der Waals surface area contributed by atoms with Crippen LogP contribution < -0.4 is 9.97 Å². The van der Waals surface area contributed by atoms with Gasteiger partial charge in [-0.2, -0.15) is 0 Å². The molecule has 5 heterocycles. The zero-order valence-electron chi connectivity index (χ0n) is 43.0. The number of rotatable bonds is 6. The van der Waals surface area contributed by atoms with Gasteiger partial charge in [-0.25, -0.2) is 9.97 Å². The Bertz CT molecular complexity index is 3930. The fourth-order valence-electron chi connectivity index (χ4n) is 9.85. The van der Waals surface area contributed by atoms with Gasteiger partial charge in [0.2, 0.25) is 0 Å². The van der Waals surface area contributed by atoms with Gasteiger partial charge in [-0.1, -0.05) is 199 Å². The van der Waals surface area contributed by atoms with Crippen molar-refractivity contribution in [1.29, 1.82) is 0 Å². The fraction of sp³-hybridized carbons (Fsp3) is 0.130. The smallest absolute Gasteiger partial charge is 0.657 e. The minimum atomic E-state index is -0.00726. The van der Waals surface area contributed by atoms with Crippen LogP contribution in [0.15, 0.2) is 170 Å². The molecule has 0 fully saturated rings. The van der Waals surface area contributed by atoms with Crippen LogP contribution in [-0.4, -0.2) is 9.97 Å². The van der Waals surface area contributed by atoms with E-state index in [0.29, 0.717) is 0 Å². The van der Waals surface area contributed by atoms with Crippen molar-refractivity contribution in [3.63, 3.8) is 0 Å². The second-order valence-corrected chi connectivity index (χ2v) is 20.8. The summed E-state index contributed by atoms with van der Waals surface area (Å²) in [5.41, 5.74) is 23.2. The Kier molecular flexibility index (Phi) is 13.3. The van der Waals surface area contributed by atoms with E-state index in [2.05, 4.69) is 241 Å². The van der Waals surface area contributed by atoms with Crippen molar-refractivity contribution < 1.29 is 19.5 Å². The van der Waals surface area contributed by atoms with Crippen LogP contribution in [0.5, 0.6) is 0 Å². The SMILES string of the molecule is C#Cc1ccc(-c2ccc(-c3c4nc(c(-c5ccc(-c6ccc(C#CC)cc6)cc5)c5ccc([n-]5)c(-c5ccc(C(C)(C)C)cc5)c5nc(c(-c6ccc(C(C)(C)C)cc6)c6ccc3[n-]6)C=C5)C=C4)cc2)cc1.[Zn+2]. The molecule has 0 atom stereocenters. The van der Waals surface area contributed by atoms with E-state index in [1.807, 2.05) is 19.1 Å². The number of hydrogen-bond donors (Lipinski definition) is 0. The Morgan fingerprint density at radius 2 is 0.608 bits per heavy atom. The first-order valence-electron chi connectivity index (χ1n) is 24.9. The molecular weight excluding hydrogens is 950 g/mol. The predicted octanol–water partition coefficient (Wildman–Crippen LogP) is 16.9. The van der Waals surface area contributed by atoms with Crippen molar-refractivity contribution in [2.75, 3.05) is 0 Å². The van der Waals surface area contributed by atoms with E-state index in [0.717, 1.165) is 123 Å². The third kappa shape index (κ3) is 9.68. The molecule has 0 unspecified atom stereocenters. The summed E-state index contributed by atoms with van der Waals surface area (Å²) in [4.78, 5) is 22.2. The molecule has 2 aliphatic rings. The number of terminal acetylenes is 1. The van der Waals surface area contributed by atoms with E-state index < -0.39 is 0 Å². The van der Waals surface area contributed by atoms with Gasteiger partial charge in [-0.05, 0) is 144 Å². The molecule has 0 amide bonds. The van der Waals surface area contributed by atoms with Crippen molar-refractivity contribution in [3.8, 4) is 90.9 Å². The molecule has 0 aliphatic carbocycles. The molecule has 4 nitrogen and oxygen atoms in total. The van der Waals surface area contributed by atoms with Gasteiger partial charge in [-0.15, -0.1) is 34.4 Å². The van der Waals surface area contributed by atoms with Crippen molar-refractivity contribution in [3.05, 3.63) is 215 Å². The molecule has 74 heavy (non-hydrogen) atoms. The van der Waals surface area contributed by atoms with Crippen molar-refractivity contribution >= 4 is 46.4 Å². The molecule has 8 bridgehead atoms. The third-order valence-corrected chi connectivity index (χ3v) is 13.9. The van der Waals surface area contributed by atoms with Crippen LogP contribution in [0.1, 0.15) is 93.5 Å². The van der Waals surface area contributed by atoms with Gasteiger partial charge in [0.15, 0.2) is 0 Å². The molecule has 11 rings (SSSR count). The molecule has 0 radical (unpaired) electrons. The number of benzene rings is 6. The molecule has 2 aliphatic heterocycles. The molecular formula is C69H54N4Zn. The Morgan fingerprint density at radius 1 is 0.351 bits per heavy atom. The van der Waals surface area contributed by atoms with Crippen molar-refractivity contribution in [1.82, 2.24) is 19.9 Å². The topological polar surface area (TPSA) is 54.0 Å². The van der Waals surface area contributed by atoms with Crippen molar-refractivity contribution in [2.24, 2.45) is 0 Å². The maximum absolute atomic E-state index is 5.70. The minimum Gasteiger partial charge on any atom is -0.657 e. The molecule has 3 aromatic heterocycles. The van der Waals surface area contributed by atoms with Crippen LogP contribution in [0.25, 0.3) is 113 Å². The van der Waals surface area contributed by atoms with E-state index in [1.54, 1.807) is 0 Å². The zero-order valence-corrected chi connectivity index (χ0v) is 46.0. The average molecular weight is 1000 g/mol. The van der Waals surface area contributed by atoms with Gasteiger partial charge in [0, 0.05) is 11.1 Å². The zero-order chi connectivity index (χ0) is 50.4. The molecule has 9 aromatic rings. The largest absolute Gasteiger partial charge is 2.00 e. The molecule has 0 spiro atoms. The molecule has 5 heteroatoms. The van der Waals surface area contributed by atoms with Gasteiger partial charge >= 0.3 is 19.5 Å². The maximum atomic E-state index is 5.70. The summed E-state index contributed by atoms with van der Waals surface area (Å²) in [6.07, 6.45) is 14.2. The summed E-state index contributed by atoms with van der Waals surface area (Å²) in [5, 5.41) is 0. The molecule has 352 valence electrons. The Hall–Kier alpha value is -8.34. The molecule has 0 N–H and O–H groups in total. The summed E-state index contributed by atoms with van der Waals surface area (Å²) >= 11 is 0. The normalized spacial score (nSPS) is 11.9. The van der Waals surface area contributed by atoms with E-state index in [-0.39, 0.29) is 30.3 Å². The first-order valence-corrected chi connectivity index (χ1v) is 24.9. The summed E-state index contributed by atoms with van der Waals surface area (Å²) < 4.78 is 0. The van der Waals surface area contributed by atoms with Gasteiger partial charge < -0.3 is 9.97 Å². The van der Waals surface area contributed by atoms with Crippen LogP contribution in [-0.2, 0) is 30.3 Å². The second-order valence-electron chi connectivity index (χ2n) is 20.8. The first-order chi connectivity index (χ1) is 35.3. The van der Waals surface area contributed by atoms with Crippen molar-refractivity contribution in [2.45, 2.75) is 59.3 Å². The minimum absolute atomic E-state index is 0. The maximum Gasteiger partial charge on any atom is 2.00 e. The van der Waals surface area contributed by atoms with E-state index >= 15 is 0 Å². The van der Waals surface area contributed by atoms with Gasteiger partial charge in [0.25, 0.3) is 0 Å². The van der Waals surface area contributed by atoms with E-state index in [1.165, 1.54) is 11.1 Å². The summed E-state index contributed by atoms with van der Waals surface area (Å²) in [6, 6.07) is 60.2. The standard InChI is InChI=1S/C69H54N4.Zn/c1-9-11-45-14-18-47(19-15-45)49-22-26-51(27-23-49)65-57-37-36-56(70-57)64(50-24-20-48(21-25-50)46-16-12-44(10-2)13-17-46)58-38-40-60(71-58)66(52-28-32-54(33-29-52)68(3,4)5)62-42-43-63(73-62)67(61-41-39-59(65)72-61)53-30-34-55(35-31-53)69(6,7)8;/h2,12-43H,1,3-8H3;/q-2;+2. The summed E-state index contributed by atoms with van der Waals surface area (Å²) in [5.74, 6) is 8.90. The number of hydrogen-bond acceptors (Lipinski definition) is 2. The van der Waals surface area contributed by atoms with Gasteiger partial charge in [0.05, 0.1) is 22.8 Å². The number of aromatic nitrogens is 4. The van der Waals surface area contributed by atoms with Crippen LogP contribution in [0.4, 0.5) is 0 Å².